The van der Waals surface area contributed by atoms with Crippen LogP contribution in [0.5, 0.6) is 0 Å². The summed E-state index contributed by atoms with van der Waals surface area (Å²) in [6.45, 7) is 4.40. The highest BCUT2D eigenvalue weighted by Crippen LogP contribution is 2.38. The van der Waals surface area contributed by atoms with Crippen LogP contribution < -0.4 is 5.32 Å². The van der Waals surface area contributed by atoms with E-state index in [1.807, 2.05) is 89.4 Å². The van der Waals surface area contributed by atoms with E-state index in [0.29, 0.717) is 6.54 Å². The number of urea groups is 1. The summed E-state index contributed by atoms with van der Waals surface area (Å²) in [5.41, 5.74) is 6.37. The number of nitrogens with zero attached hydrogens (tertiary/aromatic N) is 4. The molecule has 0 saturated heterocycles. The molecule has 2 aromatic heterocycles. The summed E-state index contributed by atoms with van der Waals surface area (Å²) in [5, 5.41) is 7.97. The van der Waals surface area contributed by atoms with Crippen LogP contribution in [0.4, 0.5) is 14.9 Å². The van der Waals surface area contributed by atoms with Crippen molar-refractivity contribution in [2.75, 3.05) is 5.32 Å². The standard InChI is InChI=1S/C31H28FN5O/c1-3-22-11-17-25(18-12-22)33-31(38)36-20-27-21(2)34-37(26-8-5-4-6-9-26)30(27)35-19-7-10-28(35)29(36)23-13-15-24(32)16-14-23/h4-19,29H,3,20H2,1-2H3,(H,33,38). The van der Waals surface area contributed by atoms with Crippen molar-refractivity contribution in [2.45, 2.75) is 32.9 Å². The van der Waals surface area contributed by atoms with Gasteiger partial charge in [-0.15, -0.1) is 0 Å². The maximum absolute atomic E-state index is 14.0. The van der Waals surface area contributed by atoms with Crippen LogP contribution in [-0.2, 0) is 13.0 Å². The molecule has 0 radical (unpaired) electrons. The Morgan fingerprint density at radius 1 is 0.974 bits per heavy atom. The van der Waals surface area contributed by atoms with E-state index >= 15 is 0 Å². The van der Waals surface area contributed by atoms with Crippen LogP contribution in [0.15, 0.2) is 97.2 Å². The van der Waals surface area contributed by atoms with Gasteiger partial charge in [0.05, 0.1) is 29.7 Å². The lowest BCUT2D eigenvalue weighted by atomic mass is 10.0. The summed E-state index contributed by atoms with van der Waals surface area (Å²) in [7, 11) is 0. The fraction of sp³-hybridized carbons (Fsp3) is 0.161. The van der Waals surface area contributed by atoms with E-state index in [0.717, 1.165) is 46.1 Å². The van der Waals surface area contributed by atoms with Crippen LogP contribution in [-0.4, -0.2) is 25.3 Å². The third-order valence-corrected chi connectivity index (χ3v) is 7.15. The summed E-state index contributed by atoms with van der Waals surface area (Å²) in [5.74, 6) is 0.576. The average molecular weight is 506 g/mol. The van der Waals surface area contributed by atoms with Crippen molar-refractivity contribution >= 4 is 11.7 Å². The molecule has 1 atom stereocenters. The molecule has 3 aromatic carbocycles. The Bertz CT molecular complexity index is 1590. The molecule has 1 N–H and O–H groups in total. The quantitative estimate of drug-likeness (QED) is 0.292. The van der Waals surface area contributed by atoms with Gasteiger partial charge in [0.25, 0.3) is 0 Å². The molecule has 5 aromatic rings. The van der Waals surface area contributed by atoms with E-state index in [4.69, 9.17) is 5.10 Å². The molecule has 0 spiro atoms. The molecule has 0 bridgehead atoms. The zero-order valence-electron chi connectivity index (χ0n) is 21.3. The number of halogens is 1. The summed E-state index contributed by atoms with van der Waals surface area (Å²) in [6.07, 6.45) is 2.92. The normalized spacial score (nSPS) is 14.5. The summed E-state index contributed by atoms with van der Waals surface area (Å²) in [4.78, 5) is 15.8. The molecular weight excluding hydrogens is 477 g/mol. The van der Waals surface area contributed by atoms with Crippen LogP contribution in [0.25, 0.3) is 11.5 Å². The molecule has 1 aliphatic heterocycles. The number of anilines is 1. The summed E-state index contributed by atoms with van der Waals surface area (Å²) < 4.78 is 18.0. The van der Waals surface area contributed by atoms with Gasteiger partial charge in [0.15, 0.2) is 0 Å². The van der Waals surface area contributed by atoms with E-state index in [9.17, 15) is 9.18 Å². The largest absolute Gasteiger partial charge is 0.322 e. The van der Waals surface area contributed by atoms with Gasteiger partial charge >= 0.3 is 6.03 Å². The van der Waals surface area contributed by atoms with Gasteiger partial charge in [-0.1, -0.05) is 49.4 Å². The number of fused-ring (bicyclic) bond motifs is 3. The average Bonchev–Trinajstić information content (AvgIpc) is 3.50. The molecule has 6 rings (SSSR count). The van der Waals surface area contributed by atoms with Crippen molar-refractivity contribution in [3.05, 3.63) is 131 Å². The van der Waals surface area contributed by atoms with Gasteiger partial charge < -0.3 is 14.8 Å². The minimum atomic E-state index is -0.448. The smallest absolute Gasteiger partial charge is 0.308 e. The van der Waals surface area contributed by atoms with Crippen molar-refractivity contribution in [2.24, 2.45) is 0 Å². The lowest BCUT2D eigenvalue weighted by molar-refractivity contribution is 0.194. The van der Waals surface area contributed by atoms with Gasteiger partial charge in [-0.05, 0) is 73.0 Å². The molecule has 3 heterocycles. The van der Waals surface area contributed by atoms with Crippen LogP contribution >= 0.6 is 0 Å². The molecule has 2 amide bonds. The van der Waals surface area contributed by atoms with Gasteiger partial charge in [-0.2, -0.15) is 5.10 Å². The number of hydrogen-bond acceptors (Lipinski definition) is 2. The number of carbonyl (C=O) groups is 1. The molecule has 0 fully saturated rings. The molecule has 0 saturated carbocycles. The van der Waals surface area contributed by atoms with E-state index in [2.05, 4.69) is 16.8 Å². The molecule has 38 heavy (non-hydrogen) atoms. The SMILES string of the molecule is CCc1ccc(NC(=O)N2Cc3c(C)nn(-c4ccccc4)c3-n3cccc3C2c2ccc(F)cc2)cc1. The topological polar surface area (TPSA) is 55.1 Å². The van der Waals surface area contributed by atoms with Crippen LogP contribution in [0.2, 0.25) is 0 Å². The van der Waals surface area contributed by atoms with Gasteiger partial charge in [0.1, 0.15) is 11.6 Å². The highest BCUT2D eigenvalue weighted by atomic mass is 19.1. The Kier molecular flexibility index (Phi) is 6.04. The molecule has 7 heteroatoms. The monoisotopic (exact) mass is 505 g/mol. The van der Waals surface area contributed by atoms with Crippen LogP contribution in [0.3, 0.4) is 0 Å². The Labute approximate surface area is 221 Å². The fourth-order valence-electron chi connectivity index (χ4n) is 5.16. The highest BCUT2D eigenvalue weighted by Gasteiger charge is 2.36. The second-order valence-corrected chi connectivity index (χ2v) is 9.50. The maximum Gasteiger partial charge on any atom is 0.322 e. The van der Waals surface area contributed by atoms with Crippen molar-refractivity contribution in [3.8, 4) is 11.5 Å². The third kappa shape index (κ3) is 4.16. The number of aromatic nitrogens is 3. The number of para-hydroxylation sites is 1. The van der Waals surface area contributed by atoms with Crippen molar-refractivity contribution < 1.29 is 9.18 Å². The van der Waals surface area contributed by atoms with Gasteiger partial charge in [-0.25, -0.2) is 13.9 Å². The van der Waals surface area contributed by atoms with E-state index in [1.165, 1.54) is 17.7 Å². The summed E-state index contributed by atoms with van der Waals surface area (Å²) in [6, 6.07) is 27.5. The number of benzene rings is 3. The Hall–Kier alpha value is -4.65. The Morgan fingerprint density at radius 3 is 2.42 bits per heavy atom. The minimum absolute atomic E-state index is 0.240. The van der Waals surface area contributed by atoms with E-state index < -0.39 is 6.04 Å². The number of carbonyl (C=O) groups excluding carboxylic acids is 1. The molecular formula is C31H28FN5O. The second kappa shape index (κ2) is 9.67. The molecule has 1 aliphatic rings. The third-order valence-electron chi connectivity index (χ3n) is 7.15. The molecule has 0 aliphatic carbocycles. The highest BCUT2D eigenvalue weighted by molar-refractivity contribution is 5.90. The first-order valence-electron chi connectivity index (χ1n) is 12.8. The van der Waals surface area contributed by atoms with E-state index in [-0.39, 0.29) is 11.8 Å². The van der Waals surface area contributed by atoms with Gasteiger partial charge in [0.2, 0.25) is 0 Å². The first kappa shape index (κ1) is 23.7. The number of aryl methyl sites for hydroxylation is 2. The number of nitrogens with one attached hydrogen (secondary N) is 1. The predicted octanol–water partition coefficient (Wildman–Crippen LogP) is 6.81. The number of amides is 2. The lowest BCUT2D eigenvalue weighted by Gasteiger charge is -2.31. The fourth-order valence-corrected chi connectivity index (χ4v) is 5.16. The van der Waals surface area contributed by atoms with Crippen LogP contribution in [0, 0.1) is 12.7 Å². The van der Waals surface area contributed by atoms with Crippen molar-refractivity contribution in [3.63, 3.8) is 0 Å². The molecule has 1 unspecified atom stereocenters. The predicted molar refractivity (Wildman–Crippen MR) is 146 cm³/mol. The van der Waals surface area contributed by atoms with Crippen LogP contribution in [0.1, 0.15) is 41.0 Å². The second-order valence-electron chi connectivity index (χ2n) is 9.50. The summed E-state index contributed by atoms with van der Waals surface area (Å²) >= 11 is 0. The lowest BCUT2D eigenvalue weighted by Crippen LogP contribution is -2.38. The Morgan fingerprint density at radius 2 is 1.71 bits per heavy atom. The first-order valence-corrected chi connectivity index (χ1v) is 12.8. The number of rotatable bonds is 4. The zero-order chi connectivity index (χ0) is 26.2. The number of hydrogen-bond donors (Lipinski definition) is 1. The first-order chi connectivity index (χ1) is 18.5. The van der Waals surface area contributed by atoms with Gasteiger partial charge in [0, 0.05) is 17.4 Å². The zero-order valence-corrected chi connectivity index (χ0v) is 21.3. The van der Waals surface area contributed by atoms with E-state index in [1.54, 1.807) is 12.1 Å². The Balaban J connectivity index is 1.50. The van der Waals surface area contributed by atoms with Crippen molar-refractivity contribution in [1.82, 2.24) is 19.2 Å². The maximum atomic E-state index is 14.0. The van der Waals surface area contributed by atoms with Gasteiger partial charge in [-0.3, -0.25) is 0 Å². The molecule has 6 nitrogen and oxygen atoms in total. The molecule has 190 valence electrons. The van der Waals surface area contributed by atoms with Crippen molar-refractivity contribution in [1.29, 1.82) is 0 Å². The minimum Gasteiger partial charge on any atom is -0.308 e.